The lowest BCUT2D eigenvalue weighted by Gasteiger charge is -1.98. The molecule has 0 saturated carbocycles. The number of hydrogen-bond acceptors (Lipinski definition) is 1. The number of hydrogen-bond donors (Lipinski definition) is 1. The quantitative estimate of drug-likeness (QED) is 0.774. The molecule has 2 nitrogen and oxygen atoms in total. The van der Waals surface area contributed by atoms with E-state index < -0.39 is 5.97 Å². The lowest BCUT2D eigenvalue weighted by Crippen LogP contribution is -1.97. The van der Waals surface area contributed by atoms with Gasteiger partial charge in [-0.2, -0.15) is 0 Å². The summed E-state index contributed by atoms with van der Waals surface area (Å²) >= 11 is 0. The molecule has 72 valence electrons. The zero-order valence-corrected chi connectivity index (χ0v) is 8.08. The molecule has 0 radical (unpaired) electrons. The van der Waals surface area contributed by atoms with Gasteiger partial charge >= 0.3 is 5.97 Å². The van der Waals surface area contributed by atoms with Crippen LogP contribution in [0.3, 0.4) is 0 Å². The summed E-state index contributed by atoms with van der Waals surface area (Å²) in [5.74, 6) is -0.743. The van der Waals surface area contributed by atoms with Crippen LogP contribution >= 0.6 is 0 Å². The van der Waals surface area contributed by atoms with Gasteiger partial charge in [-0.25, -0.2) is 0 Å². The fourth-order valence-electron chi connectivity index (χ4n) is 1.97. The summed E-state index contributed by atoms with van der Waals surface area (Å²) in [6.45, 7) is 2.00. The molecule has 0 heterocycles. The molecule has 1 aromatic carbocycles. The van der Waals surface area contributed by atoms with Crippen LogP contribution in [0.5, 0.6) is 0 Å². The molecule has 1 N–H and O–H groups in total. The van der Waals surface area contributed by atoms with Gasteiger partial charge < -0.3 is 5.11 Å². The second-order valence-electron chi connectivity index (χ2n) is 3.63. The van der Waals surface area contributed by atoms with Gasteiger partial charge in [0.1, 0.15) is 0 Å². The molecule has 14 heavy (non-hydrogen) atoms. The molecule has 1 aromatic rings. The number of carboxylic acid groups (broad SMARTS) is 1. The summed E-state index contributed by atoms with van der Waals surface area (Å²) in [6.07, 6.45) is 0.967. The van der Waals surface area contributed by atoms with Crippen LogP contribution in [0.2, 0.25) is 0 Å². The molecule has 2 rings (SSSR count). The summed E-state index contributed by atoms with van der Waals surface area (Å²) in [7, 11) is 0. The first-order valence-corrected chi connectivity index (χ1v) is 4.67. The van der Waals surface area contributed by atoms with Crippen molar-refractivity contribution in [2.75, 3.05) is 0 Å². The molecule has 0 unspecified atom stereocenters. The van der Waals surface area contributed by atoms with Gasteiger partial charge in [0.2, 0.25) is 0 Å². The maximum Gasteiger partial charge on any atom is 0.307 e. The highest BCUT2D eigenvalue weighted by Crippen LogP contribution is 2.33. The maximum absolute atomic E-state index is 10.6. The van der Waals surface area contributed by atoms with Crippen molar-refractivity contribution in [2.45, 2.75) is 19.8 Å². The van der Waals surface area contributed by atoms with E-state index in [0.717, 1.165) is 17.6 Å². The summed E-state index contributed by atoms with van der Waals surface area (Å²) < 4.78 is 0. The highest BCUT2D eigenvalue weighted by Gasteiger charge is 2.18. The Labute approximate surface area is 82.9 Å². The van der Waals surface area contributed by atoms with E-state index in [9.17, 15) is 4.79 Å². The lowest BCUT2D eigenvalue weighted by molar-refractivity contribution is -0.136. The largest absolute Gasteiger partial charge is 0.481 e. The number of benzene rings is 1. The first kappa shape index (κ1) is 9.00. The van der Waals surface area contributed by atoms with Gasteiger partial charge in [-0.05, 0) is 30.0 Å². The Balaban J connectivity index is 2.34. The van der Waals surface area contributed by atoms with Crippen molar-refractivity contribution in [2.24, 2.45) is 0 Å². The zero-order valence-electron chi connectivity index (χ0n) is 8.08. The van der Waals surface area contributed by atoms with Crippen LogP contribution in [0.15, 0.2) is 29.8 Å². The van der Waals surface area contributed by atoms with E-state index >= 15 is 0 Å². The summed E-state index contributed by atoms with van der Waals surface area (Å²) in [6, 6.07) is 8.11. The average Bonchev–Trinajstić information content (AvgIpc) is 2.44. The van der Waals surface area contributed by atoms with Crippen molar-refractivity contribution in [3.8, 4) is 0 Å². The Morgan fingerprint density at radius 1 is 1.43 bits per heavy atom. The van der Waals surface area contributed by atoms with Crippen LogP contribution in [0.4, 0.5) is 0 Å². The van der Waals surface area contributed by atoms with Crippen molar-refractivity contribution in [1.82, 2.24) is 0 Å². The number of carbonyl (C=O) groups is 1. The highest BCUT2D eigenvalue weighted by molar-refractivity contribution is 5.81. The molecule has 0 amide bonds. The van der Waals surface area contributed by atoms with Crippen molar-refractivity contribution in [3.63, 3.8) is 0 Å². The SMILES string of the molecule is CC1=C(CC(=O)O)Cc2ccccc21. The van der Waals surface area contributed by atoms with Crippen LogP contribution in [0.25, 0.3) is 5.57 Å². The van der Waals surface area contributed by atoms with Crippen molar-refractivity contribution < 1.29 is 9.90 Å². The second kappa shape index (κ2) is 3.29. The Kier molecular flexibility index (Phi) is 2.12. The molecule has 0 atom stereocenters. The van der Waals surface area contributed by atoms with E-state index in [1.165, 1.54) is 11.1 Å². The number of fused-ring (bicyclic) bond motifs is 1. The van der Waals surface area contributed by atoms with E-state index in [2.05, 4.69) is 12.1 Å². The first-order chi connectivity index (χ1) is 6.68. The van der Waals surface area contributed by atoms with E-state index in [1.54, 1.807) is 0 Å². The molecular formula is C12H12O2. The third-order valence-corrected chi connectivity index (χ3v) is 2.72. The van der Waals surface area contributed by atoms with E-state index in [0.29, 0.717) is 0 Å². The van der Waals surface area contributed by atoms with Crippen LogP contribution in [-0.2, 0) is 11.2 Å². The topological polar surface area (TPSA) is 37.3 Å². The van der Waals surface area contributed by atoms with Crippen LogP contribution in [-0.4, -0.2) is 11.1 Å². The van der Waals surface area contributed by atoms with Crippen LogP contribution in [0.1, 0.15) is 24.5 Å². The fraction of sp³-hybridized carbons (Fsp3) is 0.250. The minimum absolute atomic E-state index is 0.167. The van der Waals surface area contributed by atoms with E-state index in [-0.39, 0.29) is 6.42 Å². The standard InChI is InChI=1S/C12H12O2/c1-8-10(7-12(13)14)6-9-4-2-3-5-11(8)9/h2-5H,6-7H2,1H3,(H,13,14). The lowest BCUT2D eigenvalue weighted by atomic mass is 10.1. The Morgan fingerprint density at radius 2 is 2.14 bits per heavy atom. The van der Waals surface area contributed by atoms with Crippen LogP contribution < -0.4 is 0 Å². The third kappa shape index (κ3) is 1.43. The average molecular weight is 188 g/mol. The third-order valence-electron chi connectivity index (χ3n) is 2.72. The highest BCUT2D eigenvalue weighted by atomic mass is 16.4. The van der Waals surface area contributed by atoms with Gasteiger partial charge in [-0.3, -0.25) is 4.79 Å². The molecule has 0 aromatic heterocycles. The minimum Gasteiger partial charge on any atom is -0.481 e. The minimum atomic E-state index is -0.743. The first-order valence-electron chi connectivity index (χ1n) is 4.67. The Hall–Kier alpha value is -1.57. The maximum atomic E-state index is 10.6. The van der Waals surface area contributed by atoms with E-state index in [4.69, 9.17) is 5.11 Å². The molecule has 1 aliphatic rings. The number of aliphatic carboxylic acids is 1. The smallest absolute Gasteiger partial charge is 0.307 e. The molecular weight excluding hydrogens is 176 g/mol. The molecule has 1 aliphatic carbocycles. The normalized spacial score (nSPS) is 14.4. The zero-order chi connectivity index (χ0) is 10.1. The van der Waals surface area contributed by atoms with Crippen molar-refractivity contribution in [1.29, 1.82) is 0 Å². The predicted octanol–water partition coefficient (Wildman–Crippen LogP) is 2.49. The summed E-state index contributed by atoms with van der Waals surface area (Å²) in [5, 5.41) is 8.74. The number of rotatable bonds is 2. The molecule has 2 heteroatoms. The molecule has 0 fully saturated rings. The van der Waals surface area contributed by atoms with Gasteiger partial charge in [0, 0.05) is 0 Å². The van der Waals surface area contributed by atoms with Gasteiger partial charge in [-0.1, -0.05) is 29.8 Å². The second-order valence-corrected chi connectivity index (χ2v) is 3.63. The summed E-state index contributed by atoms with van der Waals surface area (Å²) in [5.41, 5.74) is 4.65. The molecule has 0 spiro atoms. The molecule has 0 saturated heterocycles. The van der Waals surface area contributed by atoms with Crippen molar-refractivity contribution in [3.05, 3.63) is 41.0 Å². The van der Waals surface area contributed by atoms with Gasteiger partial charge in [0.05, 0.1) is 6.42 Å². The van der Waals surface area contributed by atoms with Crippen LogP contribution in [0, 0.1) is 0 Å². The molecule has 0 bridgehead atoms. The van der Waals surface area contributed by atoms with Gasteiger partial charge in [-0.15, -0.1) is 0 Å². The summed E-state index contributed by atoms with van der Waals surface area (Å²) in [4.78, 5) is 10.6. The van der Waals surface area contributed by atoms with Gasteiger partial charge in [0.15, 0.2) is 0 Å². The van der Waals surface area contributed by atoms with Gasteiger partial charge in [0.25, 0.3) is 0 Å². The number of carboxylic acids is 1. The van der Waals surface area contributed by atoms with Crippen molar-refractivity contribution >= 4 is 11.5 Å². The predicted molar refractivity (Wildman–Crippen MR) is 55.0 cm³/mol. The van der Waals surface area contributed by atoms with E-state index in [1.807, 2.05) is 19.1 Å². The number of allylic oxidation sites excluding steroid dienone is 1. The Morgan fingerprint density at radius 3 is 2.79 bits per heavy atom. The monoisotopic (exact) mass is 188 g/mol. The Bertz CT molecular complexity index is 416. The molecule has 0 aliphatic heterocycles. The fourth-order valence-corrected chi connectivity index (χ4v) is 1.97.